The van der Waals surface area contributed by atoms with Crippen LogP contribution in [0.3, 0.4) is 0 Å². The normalized spacial score (nSPS) is 23.1. The van der Waals surface area contributed by atoms with E-state index in [2.05, 4.69) is 9.88 Å². The van der Waals surface area contributed by atoms with Crippen molar-refractivity contribution in [2.75, 3.05) is 43.4 Å². The first-order valence-electron chi connectivity index (χ1n) is 10.2. The number of sulfonamides is 1. The van der Waals surface area contributed by atoms with Crippen molar-refractivity contribution in [3.8, 4) is 0 Å². The average Bonchev–Trinajstić information content (AvgIpc) is 3.08. The predicted octanol–water partition coefficient (Wildman–Crippen LogP) is 4.12. The van der Waals surface area contributed by atoms with Crippen molar-refractivity contribution in [1.29, 1.82) is 0 Å². The lowest BCUT2D eigenvalue weighted by molar-refractivity contribution is 0.0592. The molecule has 0 amide bonds. The van der Waals surface area contributed by atoms with Crippen LogP contribution in [0.5, 0.6) is 0 Å². The first kappa shape index (κ1) is 23.1. The first-order chi connectivity index (χ1) is 15.0. The summed E-state index contributed by atoms with van der Waals surface area (Å²) < 4.78 is 70.2. The molecule has 174 valence electrons. The monoisotopic (exact) mass is 488 g/mol. The van der Waals surface area contributed by atoms with Gasteiger partial charge in [0.2, 0.25) is 5.95 Å². The third-order valence-electron chi connectivity index (χ3n) is 6.17. The quantitative estimate of drug-likeness (QED) is 0.489. The summed E-state index contributed by atoms with van der Waals surface area (Å²) in [6.07, 6.45) is 2.98. The molecule has 1 saturated heterocycles. The molecule has 6 nitrogen and oxygen atoms in total. The van der Waals surface area contributed by atoms with Gasteiger partial charge in [0.25, 0.3) is 10.0 Å². The Morgan fingerprint density at radius 3 is 2.66 bits per heavy atom. The SMILES string of the molecule is CN(C)CC1CC2(CCN(c3cc(F)c(S(=O)(=O)Nc4cccc(F)n4)c(F)c3Cl)C2)C1. The number of pyridine rings is 1. The summed E-state index contributed by atoms with van der Waals surface area (Å²) in [6, 6.07) is 4.35. The Kier molecular flexibility index (Phi) is 6.06. The van der Waals surface area contributed by atoms with Gasteiger partial charge in [-0.05, 0) is 56.8 Å². The minimum atomic E-state index is -4.73. The number of nitrogens with zero attached hydrogens (tertiary/aromatic N) is 3. The standard InChI is InChI=1S/C21H24ClF3N4O2S/c1-28(2)11-13-9-21(10-13)6-7-29(12-21)15-8-14(23)20(19(25)18(15)22)32(30,31)27-17-5-3-4-16(24)26-17/h3-5,8,13H,6-7,9-12H2,1-2H3,(H,26,27). The van der Waals surface area contributed by atoms with Gasteiger partial charge < -0.3 is 9.80 Å². The Balaban J connectivity index is 1.56. The molecule has 11 heteroatoms. The van der Waals surface area contributed by atoms with Gasteiger partial charge >= 0.3 is 0 Å². The Labute approximate surface area is 190 Å². The fraction of sp³-hybridized carbons (Fsp3) is 0.476. The van der Waals surface area contributed by atoms with E-state index in [-0.39, 0.29) is 11.1 Å². The molecule has 2 heterocycles. The van der Waals surface area contributed by atoms with Crippen molar-refractivity contribution >= 4 is 33.1 Å². The second kappa shape index (κ2) is 8.39. The zero-order valence-electron chi connectivity index (χ0n) is 17.7. The van der Waals surface area contributed by atoms with Crippen LogP contribution in [-0.2, 0) is 10.0 Å². The van der Waals surface area contributed by atoms with Crippen LogP contribution in [0.1, 0.15) is 19.3 Å². The third-order valence-corrected chi connectivity index (χ3v) is 7.91. The largest absolute Gasteiger partial charge is 0.370 e. The van der Waals surface area contributed by atoms with E-state index < -0.39 is 43.3 Å². The summed E-state index contributed by atoms with van der Waals surface area (Å²) in [5, 5.41) is -0.458. The molecule has 2 fully saturated rings. The van der Waals surface area contributed by atoms with Crippen LogP contribution in [0.15, 0.2) is 29.2 Å². The Bertz CT molecular complexity index is 1140. The summed E-state index contributed by atoms with van der Waals surface area (Å²) in [6.45, 7) is 2.21. The van der Waals surface area contributed by atoms with E-state index in [1.54, 1.807) is 0 Å². The molecule has 1 spiro atoms. The first-order valence-corrected chi connectivity index (χ1v) is 12.1. The van der Waals surface area contributed by atoms with Crippen LogP contribution < -0.4 is 9.62 Å². The van der Waals surface area contributed by atoms with Gasteiger partial charge in [-0.1, -0.05) is 17.7 Å². The summed E-state index contributed by atoms with van der Waals surface area (Å²) in [5.74, 6) is -3.39. The van der Waals surface area contributed by atoms with Crippen molar-refractivity contribution in [1.82, 2.24) is 9.88 Å². The molecule has 0 atom stereocenters. The van der Waals surface area contributed by atoms with E-state index in [0.717, 1.165) is 44.0 Å². The van der Waals surface area contributed by atoms with Crippen LogP contribution in [0, 0.1) is 28.9 Å². The molecule has 1 aliphatic carbocycles. The van der Waals surface area contributed by atoms with E-state index in [1.807, 2.05) is 23.7 Å². The van der Waals surface area contributed by atoms with Crippen molar-refractivity contribution < 1.29 is 21.6 Å². The molecular formula is C21H24ClF3N4O2S. The number of halogens is 4. The van der Waals surface area contributed by atoms with E-state index in [4.69, 9.17) is 11.6 Å². The number of hydrogen-bond donors (Lipinski definition) is 1. The van der Waals surface area contributed by atoms with Crippen molar-refractivity contribution in [3.05, 3.63) is 46.9 Å². The summed E-state index contributed by atoms with van der Waals surface area (Å²) in [4.78, 5) is 6.10. The van der Waals surface area contributed by atoms with E-state index in [9.17, 15) is 17.2 Å². The minimum Gasteiger partial charge on any atom is -0.370 e. The second-order valence-electron chi connectivity index (χ2n) is 8.99. The Morgan fingerprint density at radius 2 is 2.00 bits per heavy atom. The Morgan fingerprint density at radius 1 is 1.28 bits per heavy atom. The summed E-state index contributed by atoms with van der Waals surface area (Å²) >= 11 is 6.18. The fourth-order valence-corrected chi connectivity index (χ4v) is 6.45. The van der Waals surface area contributed by atoms with Crippen molar-refractivity contribution in [3.63, 3.8) is 0 Å². The molecule has 0 unspecified atom stereocenters. The highest BCUT2D eigenvalue weighted by molar-refractivity contribution is 7.92. The Hall–Kier alpha value is -2.04. The fourth-order valence-electron chi connectivity index (χ4n) is 4.98. The molecule has 1 aromatic carbocycles. The van der Waals surface area contributed by atoms with E-state index in [1.165, 1.54) is 6.07 Å². The molecule has 0 bridgehead atoms. The van der Waals surface area contributed by atoms with Gasteiger partial charge in [0.05, 0.1) is 5.69 Å². The molecule has 1 aromatic heterocycles. The molecule has 1 N–H and O–H groups in total. The highest BCUT2D eigenvalue weighted by Gasteiger charge is 2.48. The van der Waals surface area contributed by atoms with Gasteiger partial charge in [-0.15, -0.1) is 0 Å². The maximum atomic E-state index is 15.0. The zero-order chi connectivity index (χ0) is 23.3. The second-order valence-corrected chi connectivity index (χ2v) is 11.0. The van der Waals surface area contributed by atoms with Crippen LogP contribution >= 0.6 is 11.6 Å². The number of benzene rings is 1. The van der Waals surface area contributed by atoms with Gasteiger partial charge in [-0.25, -0.2) is 22.2 Å². The number of nitrogens with one attached hydrogen (secondary N) is 1. The van der Waals surface area contributed by atoms with E-state index >= 15 is 4.39 Å². The highest BCUT2D eigenvalue weighted by atomic mass is 35.5. The molecule has 32 heavy (non-hydrogen) atoms. The number of anilines is 2. The maximum absolute atomic E-state index is 15.0. The minimum absolute atomic E-state index is 0.103. The molecule has 1 saturated carbocycles. The van der Waals surface area contributed by atoms with Gasteiger partial charge in [-0.2, -0.15) is 4.39 Å². The molecule has 0 radical (unpaired) electrons. The lowest BCUT2D eigenvalue weighted by Gasteiger charge is -2.46. The molecule has 4 rings (SSSR count). The maximum Gasteiger partial charge on any atom is 0.268 e. The molecular weight excluding hydrogens is 465 g/mol. The predicted molar refractivity (Wildman–Crippen MR) is 117 cm³/mol. The lowest BCUT2D eigenvalue weighted by atomic mass is 9.61. The molecule has 1 aliphatic heterocycles. The third kappa shape index (κ3) is 4.40. The zero-order valence-corrected chi connectivity index (χ0v) is 19.3. The number of rotatable bonds is 6. The van der Waals surface area contributed by atoms with Crippen LogP contribution in [0.4, 0.5) is 24.7 Å². The van der Waals surface area contributed by atoms with Gasteiger partial charge in [0.1, 0.15) is 16.7 Å². The number of aromatic nitrogens is 1. The summed E-state index contributed by atoms with van der Waals surface area (Å²) in [5.41, 5.74) is 0.240. The average molecular weight is 489 g/mol. The molecule has 2 aliphatic rings. The van der Waals surface area contributed by atoms with Gasteiger partial charge in [0.15, 0.2) is 10.7 Å². The lowest BCUT2D eigenvalue weighted by Crippen LogP contribution is -2.43. The van der Waals surface area contributed by atoms with Crippen LogP contribution in [0.25, 0.3) is 0 Å². The topological polar surface area (TPSA) is 65.5 Å². The highest BCUT2D eigenvalue weighted by Crippen LogP contribution is 2.53. The van der Waals surface area contributed by atoms with Crippen LogP contribution in [0.2, 0.25) is 5.02 Å². The summed E-state index contributed by atoms with van der Waals surface area (Å²) in [7, 11) is -0.659. The van der Waals surface area contributed by atoms with Crippen molar-refractivity contribution in [2.45, 2.75) is 24.2 Å². The van der Waals surface area contributed by atoms with Gasteiger partial charge in [0, 0.05) is 25.7 Å². The van der Waals surface area contributed by atoms with E-state index in [0.29, 0.717) is 19.0 Å². The number of hydrogen-bond acceptors (Lipinski definition) is 5. The van der Waals surface area contributed by atoms with Crippen LogP contribution in [-0.4, -0.2) is 52.0 Å². The van der Waals surface area contributed by atoms with Crippen molar-refractivity contribution in [2.24, 2.45) is 11.3 Å². The molecule has 2 aromatic rings. The smallest absolute Gasteiger partial charge is 0.268 e. The van der Waals surface area contributed by atoms with Gasteiger partial charge in [-0.3, -0.25) is 4.72 Å².